The van der Waals surface area contributed by atoms with Crippen LogP contribution in [0.3, 0.4) is 0 Å². The van der Waals surface area contributed by atoms with Crippen LogP contribution in [0.25, 0.3) is 0 Å². The third-order valence-electron chi connectivity index (χ3n) is 3.59. The first-order valence-corrected chi connectivity index (χ1v) is 6.20. The Kier molecular flexibility index (Phi) is 3.85. The molecule has 0 aromatic heterocycles. The maximum absolute atomic E-state index is 5.18. The lowest BCUT2D eigenvalue weighted by Crippen LogP contribution is -2.37. The summed E-state index contributed by atoms with van der Waals surface area (Å²) in [6.45, 7) is 3.40. The van der Waals surface area contributed by atoms with Gasteiger partial charge >= 0.3 is 0 Å². The maximum atomic E-state index is 5.18. The van der Waals surface area contributed by atoms with Crippen molar-refractivity contribution in [3.8, 4) is 5.75 Å². The number of likely N-dealkylation sites (N-methyl/N-ethyl adjacent to an activating group) is 1. The highest BCUT2D eigenvalue weighted by Gasteiger charge is 2.19. The lowest BCUT2D eigenvalue weighted by Gasteiger charge is -2.32. The largest absolute Gasteiger partial charge is 0.497 e. The lowest BCUT2D eigenvalue weighted by atomic mass is 9.95. The van der Waals surface area contributed by atoms with Gasteiger partial charge in [-0.05, 0) is 44.5 Å². The van der Waals surface area contributed by atoms with E-state index in [1.54, 1.807) is 7.11 Å². The van der Waals surface area contributed by atoms with Gasteiger partial charge in [0.25, 0.3) is 0 Å². The zero-order chi connectivity index (χ0) is 12.3. The molecule has 2 nitrogen and oxygen atoms in total. The SMILES string of the molecule is COc1ccc(CC2C(C)=CCCN2C)cc1. The number of nitrogens with zero attached hydrogens (tertiary/aromatic N) is 1. The lowest BCUT2D eigenvalue weighted by molar-refractivity contribution is 0.261. The van der Waals surface area contributed by atoms with Crippen molar-refractivity contribution in [2.45, 2.75) is 25.8 Å². The highest BCUT2D eigenvalue weighted by atomic mass is 16.5. The number of ether oxygens (including phenoxy) is 1. The molecular formula is C15H21NO. The van der Waals surface area contributed by atoms with E-state index in [1.807, 2.05) is 12.1 Å². The molecule has 1 unspecified atom stereocenters. The quantitative estimate of drug-likeness (QED) is 0.742. The standard InChI is InChI=1S/C15H21NO/c1-12-5-4-10-16(2)15(12)11-13-6-8-14(17-3)9-7-13/h5-9,15H,4,10-11H2,1-3H3. The molecular weight excluding hydrogens is 210 g/mol. The molecule has 0 bridgehead atoms. The van der Waals surface area contributed by atoms with Gasteiger partial charge in [0.2, 0.25) is 0 Å². The Morgan fingerprint density at radius 1 is 1.29 bits per heavy atom. The normalized spacial score (nSPS) is 21.1. The summed E-state index contributed by atoms with van der Waals surface area (Å²) in [7, 11) is 3.92. The summed E-state index contributed by atoms with van der Waals surface area (Å²) in [6.07, 6.45) is 4.64. The smallest absolute Gasteiger partial charge is 0.118 e. The summed E-state index contributed by atoms with van der Waals surface area (Å²) < 4.78 is 5.18. The van der Waals surface area contributed by atoms with Crippen molar-refractivity contribution in [2.75, 3.05) is 20.7 Å². The van der Waals surface area contributed by atoms with E-state index in [9.17, 15) is 0 Å². The molecule has 1 aromatic rings. The molecule has 1 aliphatic rings. The fourth-order valence-electron chi connectivity index (χ4n) is 2.44. The fourth-order valence-corrected chi connectivity index (χ4v) is 2.44. The van der Waals surface area contributed by atoms with E-state index < -0.39 is 0 Å². The van der Waals surface area contributed by atoms with Crippen molar-refractivity contribution in [3.05, 3.63) is 41.5 Å². The van der Waals surface area contributed by atoms with Gasteiger partial charge in [0.05, 0.1) is 7.11 Å². The predicted octanol–water partition coefficient (Wildman–Crippen LogP) is 2.89. The molecule has 2 rings (SSSR count). The Balaban J connectivity index is 2.08. The van der Waals surface area contributed by atoms with Gasteiger partial charge in [-0.15, -0.1) is 0 Å². The molecule has 0 saturated heterocycles. The third-order valence-corrected chi connectivity index (χ3v) is 3.59. The van der Waals surface area contributed by atoms with Crippen molar-refractivity contribution < 1.29 is 4.74 Å². The topological polar surface area (TPSA) is 12.5 Å². The summed E-state index contributed by atoms with van der Waals surface area (Å²) in [5.41, 5.74) is 2.87. The minimum atomic E-state index is 0.553. The van der Waals surface area contributed by atoms with Crippen LogP contribution in [0, 0.1) is 0 Å². The van der Waals surface area contributed by atoms with Crippen LogP contribution in [-0.2, 0) is 6.42 Å². The van der Waals surface area contributed by atoms with Crippen LogP contribution < -0.4 is 4.74 Å². The van der Waals surface area contributed by atoms with Gasteiger partial charge in [-0.25, -0.2) is 0 Å². The Hall–Kier alpha value is -1.28. The minimum Gasteiger partial charge on any atom is -0.497 e. The molecule has 0 spiro atoms. The monoisotopic (exact) mass is 231 g/mol. The van der Waals surface area contributed by atoms with Crippen molar-refractivity contribution >= 4 is 0 Å². The molecule has 1 heterocycles. The van der Waals surface area contributed by atoms with E-state index in [4.69, 9.17) is 4.74 Å². The number of rotatable bonds is 3. The second-order valence-corrected chi connectivity index (χ2v) is 4.79. The summed E-state index contributed by atoms with van der Waals surface area (Å²) in [4.78, 5) is 2.44. The van der Waals surface area contributed by atoms with E-state index in [2.05, 4.69) is 37.1 Å². The predicted molar refractivity (Wildman–Crippen MR) is 71.5 cm³/mol. The molecule has 17 heavy (non-hydrogen) atoms. The number of hydrogen-bond acceptors (Lipinski definition) is 2. The van der Waals surface area contributed by atoms with E-state index in [0.717, 1.165) is 18.7 Å². The first-order chi connectivity index (χ1) is 8.20. The second-order valence-electron chi connectivity index (χ2n) is 4.79. The molecule has 92 valence electrons. The Morgan fingerprint density at radius 2 is 2.00 bits per heavy atom. The highest BCUT2D eigenvalue weighted by molar-refractivity contribution is 5.29. The highest BCUT2D eigenvalue weighted by Crippen LogP contribution is 2.21. The van der Waals surface area contributed by atoms with Crippen LogP contribution in [0.1, 0.15) is 18.9 Å². The van der Waals surface area contributed by atoms with Crippen LogP contribution in [0.2, 0.25) is 0 Å². The van der Waals surface area contributed by atoms with Gasteiger partial charge < -0.3 is 4.74 Å². The number of benzene rings is 1. The molecule has 0 radical (unpaired) electrons. The summed E-state index contributed by atoms with van der Waals surface area (Å²) >= 11 is 0. The molecule has 0 fully saturated rings. The first kappa shape index (κ1) is 12.2. The second kappa shape index (κ2) is 5.37. The van der Waals surface area contributed by atoms with Crippen LogP contribution in [-0.4, -0.2) is 31.6 Å². The number of hydrogen-bond donors (Lipinski definition) is 0. The molecule has 0 amide bonds. The Bertz CT molecular complexity index is 394. The molecule has 0 N–H and O–H groups in total. The van der Waals surface area contributed by atoms with E-state index in [-0.39, 0.29) is 0 Å². The van der Waals surface area contributed by atoms with E-state index >= 15 is 0 Å². The molecule has 0 aliphatic carbocycles. The number of methoxy groups -OCH3 is 1. The van der Waals surface area contributed by atoms with Crippen molar-refractivity contribution in [3.63, 3.8) is 0 Å². The van der Waals surface area contributed by atoms with E-state index in [0.29, 0.717) is 6.04 Å². The van der Waals surface area contributed by atoms with Crippen molar-refractivity contribution in [1.82, 2.24) is 4.90 Å². The summed E-state index contributed by atoms with van der Waals surface area (Å²) in [5, 5.41) is 0. The Labute approximate surface area is 104 Å². The van der Waals surface area contributed by atoms with Crippen LogP contribution in [0.4, 0.5) is 0 Å². The third kappa shape index (κ3) is 2.89. The maximum Gasteiger partial charge on any atom is 0.118 e. The molecule has 1 atom stereocenters. The molecule has 0 saturated carbocycles. The molecule has 1 aromatic carbocycles. The van der Waals surface area contributed by atoms with Gasteiger partial charge in [0, 0.05) is 12.6 Å². The average molecular weight is 231 g/mol. The van der Waals surface area contributed by atoms with Gasteiger partial charge in [-0.1, -0.05) is 23.8 Å². The Morgan fingerprint density at radius 3 is 2.59 bits per heavy atom. The summed E-state index contributed by atoms with van der Waals surface area (Å²) in [5.74, 6) is 0.929. The molecule has 2 heteroatoms. The van der Waals surface area contributed by atoms with Crippen LogP contribution in [0.15, 0.2) is 35.9 Å². The zero-order valence-electron chi connectivity index (χ0n) is 10.9. The van der Waals surface area contributed by atoms with Gasteiger partial charge in [-0.3, -0.25) is 4.90 Å². The van der Waals surface area contributed by atoms with Crippen molar-refractivity contribution in [2.24, 2.45) is 0 Å². The van der Waals surface area contributed by atoms with Crippen LogP contribution >= 0.6 is 0 Å². The van der Waals surface area contributed by atoms with Gasteiger partial charge in [-0.2, -0.15) is 0 Å². The van der Waals surface area contributed by atoms with E-state index in [1.165, 1.54) is 17.6 Å². The average Bonchev–Trinajstić information content (AvgIpc) is 2.35. The van der Waals surface area contributed by atoms with Crippen molar-refractivity contribution in [1.29, 1.82) is 0 Å². The summed E-state index contributed by atoms with van der Waals surface area (Å²) in [6, 6.07) is 8.95. The van der Waals surface area contributed by atoms with Gasteiger partial charge in [0.15, 0.2) is 0 Å². The van der Waals surface area contributed by atoms with Gasteiger partial charge in [0.1, 0.15) is 5.75 Å². The zero-order valence-corrected chi connectivity index (χ0v) is 10.9. The fraction of sp³-hybridized carbons (Fsp3) is 0.467. The van der Waals surface area contributed by atoms with Crippen LogP contribution in [0.5, 0.6) is 5.75 Å². The molecule has 1 aliphatic heterocycles. The first-order valence-electron chi connectivity index (χ1n) is 6.20. The minimum absolute atomic E-state index is 0.553.